The molecule has 0 atom stereocenters. The number of carboxylic acid groups (broad SMARTS) is 1. The number of ether oxygens (including phenoxy) is 1. The Morgan fingerprint density at radius 1 is 1.33 bits per heavy atom. The molecule has 0 aromatic heterocycles. The van der Waals surface area contributed by atoms with E-state index >= 15 is 0 Å². The normalized spacial score (nSPS) is 18.6. The molecule has 1 aromatic carbocycles. The molecule has 3 N–H and O–H groups in total. The van der Waals surface area contributed by atoms with Crippen LogP contribution < -0.4 is 5.73 Å². The first-order valence-electron chi connectivity index (χ1n) is 6.16. The number of aryl methyl sites for hydroxylation is 2. The molecule has 1 saturated heterocycles. The number of carboxylic acids is 1. The Labute approximate surface area is 107 Å². The van der Waals surface area contributed by atoms with Crippen LogP contribution >= 0.6 is 0 Å². The molecule has 4 heteroatoms. The predicted molar refractivity (Wildman–Crippen MR) is 69.7 cm³/mol. The molecule has 0 unspecified atom stereocenters. The van der Waals surface area contributed by atoms with E-state index in [2.05, 4.69) is 0 Å². The smallest absolute Gasteiger partial charge is 0.314 e. The fraction of sp³-hybridized carbons (Fsp3) is 0.500. The number of rotatable bonds is 2. The van der Waals surface area contributed by atoms with E-state index in [4.69, 9.17) is 10.5 Å². The number of aliphatic carboxylic acids is 1. The Morgan fingerprint density at radius 2 is 1.94 bits per heavy atom. The number of anilines is 1. The van der Waals surface area contributed by atoms with Crippen LogP contribution in [0.25, 0.3) is 0 Å². The summed E-state index contributed by atoms with van der Waals surface area (Å²) in [4.78, 5) is 11.7. The molecule has 0 amide bonds. The molecule has 0 saturated carbocycles. The molecular weight excluding hydrogens is 230 g/mol. The average Bonchev–Trinajstić information content (AvgIpc) is 2.34. The monoisotopic (exact) mass is 249 g/mol. The van der Waals surface area contributed by atoms with Crippen molar-refractivity contribution in [2.45, 2.75) is 32.1 Å². The van der Waals surface area contributed by atoms with Crippen LogP contribution in [0, 0.1) is 13.8 Å². The summed E-state index contributed by atoms with van der Waals surface area (Å²) >= 11 is 0. The summed E-state index contributed by atoms with van der Waals surface area (Å²) in [5, 5.41) is 9.64. The zero-order chi connectivity index (χ0) is 13.3. The summed E-state index contributed by atoms with van der Waals surface area (Å²) in [6.45, 7) is 4.82. The van der Waals surface area contributed by atoms with E-state index in [1.807, 2.05) is 26.0 Å². The molecule has 1 aromatic rings. The minimum Gasteiger partial charge on any atom is -0.481 e. The summed E-state index contributed by atoms with van der Waals surface area (Å²) in [6, 6.07) is 3.88. The Hall–Kier alpha value is -1.55. The molecule has 98 valence electrons. The van der Waals surface area contributed by atoms with Gasteiger partial charge in [0.2, 0.25) is 0 Å². The van der Waals surface area contributed by atoms with Crippen LogP contribution in [0.1, 0.15) is 29.5 Å². The van der Waals surface area contributed by atoms with E-state index in [1.54, 1.807) is 0 Å². The van der Waals surface area contributed by atoms with Crippen molar-refractivity contribution in [1.29, 1.82) is 0 Å². The standard InChI is InChI=1S/C14H19NO3/c1-9-7-10(2)12(15)11(8-9)14(13(16)17)3-5-18-6-4-14/h7-8H,3-6,15H2,1-2H3,(H,16,17). The number of hydrogen-bond acceptors (Lipinski definition) is 3. The van der Waals surface area contributed by atoms with E-state index in [9.17, 15) is 9.90 Å². The van der Waals surface area contributed by atoms with Gasteiger partial charge in [-0.1, -0.05) is 17.7 Å². The van der Waals surface area contributed by atoms with Crippen LogP contribution in [0.2, 0.25) is 0 Å². The lowest BCUT2D eigenvalue weighted by atomic mass is 9.72. The van der Waals surface area contributed by atoms with Crippen molar-refractivity contribution in [1.82, 2.24) is 0 Å². The van der Waals surface area contributed by atoms with Gasteiger partial charge >= 0.3 is 5.97 Å². The lowest BCUT2D eigenvalue weighted by Gasteiger charge is -2.35. The highest BCUT2D eigenvalue weighted by atomic mass is 16.5. The van der Waals surface area contributed by atoms with E-state index < -0.39 is 11.4 Å². The topological polar surface area (TPSA) is 72.6 Å². The van der Waals surface area contributed by atoms with Gasteiger partial charge in [-0.25, -0.2) is 0 Å². The van der Waals surface area contributed by atoms with Gasteiger partial charge in [-0.15, -0.1) is 0 Å². The van der Waals surface area contributed by atoms with Gasteiger partial charge in [-0.05, 0) is 37.8 Å². The van der Waals surface area contributed by atoms with Gasteiger partial charge in [0.25, 0.3) is 0 Å². The van der Waals surface area contributed by atoms with Crippen LogP contribution in [0.5, 0.6) is 0 Å². The molecular formula is C14H19NO3. The van der Waals surface area contributed by atoms with E-state index in [0.717, 1.165) is 16.7 Å². The summed E-state index contributed by atoms with van der Waals surface area (Å²) < 4.78 is 5.29. The highest BCUT2D eigenvalue weighted by molar-refractivity contribution is 5.84. The lowest BCUT2D eigenvalue weighted by Crippen LogP contribution is -2.42. The lowest BCUT2D eigenvalue weighted by molar-refractivity contribution is -0.147. The highest BCUT2D eigenvalue weighted by Crippen LogP contribution is 2.39. The van der Waals surface area contributed by atoms with Crippen molar-refractivity contribution in [3.63, 3.8) is 0 Å². The molecule has 1 aliphatic rings. The second kappa shape index (κ2) is 4.61. The Morgan fingerprint density at radius 3 is 2.50 bits per heavy atom. The fourth-order valence-corrected chi connectivity index (χ4v) is 2.69. The third kappa shape index (κ3) is 1.97. The number of nitrogens with two attached hydrogens (primary N) is 1. The van der Waals surface area contributed by atoms with Crippen molar-refractivity contribution >= 4 is 11.7 Å². The molecule has 0 radical (unpaired) electrons. The molecule has 18 heavy (non-hydrogen) atoms. The average molecular weight is 249 g/mol. The number of nitrogen functional groups attached to an aromatic ring is 1. The SMILES string of the molecule is Cc1cc(C)c(N)c(C2(C(=O)O)CCOCC2)c1. The van der Waals surface area contributed by atoms with Gasteiger partial charge < -0.3 is 15.6 Å². The van der Waals surface area contributed by atoms with Gasteiger partial charge in [-0.3, -0.25) is 4.79 Å². The van der Waals surface area contributed by atoms with Crippen LogP contribution in [-0.4, -0.2) is 24.3 Å². The minimum absolute atomic E-state index is 0.471. The Kier molecular flexibility index (Phi) is 3.30. The zero-order valence-corrected chi connectivity index (χ0v) is 10.8. The first-order valence-corrected chi connectivity index (χ1v) is 6.16. The van der Waals surface area contributed by atoms with Crippen LogP contribution in [0.3, 0.4) is 0 Å². The molecule has 1 heterocycles. The maximum absolute atomic E-state index is 11.7. The number of benzene rings is 1. The molecule has 4 nitrogen and oxygen atoms in total. The molecule has 2 rings (SSSR count). The largest absolute Gasteiger partial charge is 0.481 e. The molecule has 1 aliphatic heterocycles. The first kappa shape index (κ1) is 12.9. The third-order valence-corrected chi connectivity index (χ3v) is 3.80. The first-order chi connectivity index (χ1) is 8.47. The van der Waals surface area contributed by atoms with Crippen molar-refractivity contribution in [2.24, 2.45) is 0 Å². The highest BCUT2D eigenvalue weighted by Gasteiger charge is 2.43. The molecule has 0 spiro atoms. The number of hydrogen-bond donors (Lipinski definition) is 2. The summed E-state index contributed by atoms with van der Waals surface area (Å²) in [6.07, 6.45) is 0.963. The maximum Gasteiger partial charge on any atom is 0.314 e. The van der Waals surface area contributed by atoms with Crippen molar-refractivity contribution in [3.05, 3.63) is 28.8 Å². The Bertz CT molecular complexity index is 476. The summed E-state index contributed by atoms with van der Waals surface area (Å²) in [5.41, 5.74) is 8.55. The van der Waals surface area contributed by atoms with Crippen LogP contribution in [-0.2, 0) is 14.9 Å². The van der Waals surface area contributed by atoms with Crippen molar-refractivity contribution in [3.8, 4) is 0 Å². The van der Waals surface area contributed by atoms with E-state index in [0.29, 0.717) is 31.7 Å². The number of carbonyl (C=O) groups is 1. The van der Waals surface area contributed by atoms with E-state index in [-0.39, 0.29) is 0 Å². The molecule has 0 aliphatic carbocycles. The van der Waals surface area contributed by atoms with Crippen molar-refractivity contribution < 1.29 is 14.6 Å². The van der Waals surface area contributed by atoms with Crippen LogP contribution in [0.4, 0.5) is 5.69 Å². The summed E-state index contributed by atoms with van der Waals surface area (Å²) in [5.74, 6) is -0.803. The minimum atomic E-state index is -0.890. The van der Waals surface area contributed by atoms with Crippen LogP contribution in [0.15, 0.2) is 12.1 Å². The third-order valence-electron chi connectivity index (χ3n) is 3.80. The Balaban J connectivity index is 2.59. The maximum atomic E-state index is 11.7. The quantitative estimate of drug-likeness (QED) is 0.786. The summed E-state index contributed by atoms with van der Waals surface area (Å²) in [7, 11) is 0. The molecule has 1 fully saturated rings. The second-order valence-electron chi connectivity index (χ2n) is 5.04. The second-order valence-corrected chi connectivity index (χ2v) is 5.04. The van der Waals surface area contributed by atoms with Gasteiger partial charge in [0.05, 0.1) is 5.41 Å². The van der Waals surface area contributed by atoms with Gasteiger partial charge in [-0.2, -0.15) is 0 Å². The fourth-order valence-electron chi connectivity index (χ4n) is 2.69. The molecule has 0 bridgehead atoms. The van der Waals surface area contributed by atoms with Crippen molar-refractivity contribution in [2.75, 3.05) is 18.9 Å². The van der Waals surface area contributed by atoms with Gasteiger partial charge in [0.15, 0.2) is 0 Å². The predicted octanol–water partition coefficient (Wildman–Crippen LogP) is 2.02. The van der Waals surface area contributed by atoms with Gasteiger partial charge in [0.1, 0.15) is 0 Å². The van der Waals surface area contributed by atoms with Gasteiger partial charge in [0, 0.05) is 18.9 Å². The van der Waals surface area contributed by atoms with E-state index in [1.165, 1.54) is 0 Å². The zero-order valence-electron chi connectivity index (χ0n) is 10.8.